The Balaban J connectivity index is 1.71. The van der Waals surface area contributed by atoms with E-state index in [-0.39, 0.29) is 17.8 Å². The lowest BCUT2D eigenvalue weighted by Crippen LogP contribution is -2.44. The molecule has 138 valence electrons. The Labute approximate surface area is 153 Å². The number of sulfonamides is 1. The quantitative estimate of drug-likeness (QED) is 0.872. The third-order valence-corrected chi connectivity index (χ3v) is 5.37. The molecule has 7 heteroatoms. The van der Waals surface area contributed by atoms with Crippen LogP contribution in [-0.2, 0) is 20.5 Å². The van der Waals surface area contributed by atoms with Crippen molar-refractivity contribution < 1.29 is 17.9 Å². The monoisotopic (exact) mass is 374 g/mol. The lowest BCUT2D eigenvalue weighted by atomic mass is 10.1. The summed E-state index contributed by atoms with van der Waals surface area (Å²) in [7, 11) is -3.56. The lowest BCUT2D eigenvalue weighted by molar-refractivity contribution is -0.0124. The number of amides is 1. The van der Waals surface area contributed by atoms with E-state index < -0.39 is 10.0 Å². The van der Waals surface area contributed by atoms with E-state index in [1.54, 1.807) is 53.4 Å². The van der Waals surface area contributed by atoms with E-state index in [1.807, 2.05) is 13.0 Å². The molecule has 6 nitrogen and oxygen atoms in total. The molecule has 0 saturated carbocycles. The molecule has 26 heavy (non-hydrogen) atoms. The molecule has 2 aromatic carbocycles. The summed E-state index contributed by atoms with van der Waals surface area (Å²) in [5, 5.41) is 0. The number of benzene rings is 2. The zero-order valence-corrected chi connectivity index (χ0v) is 15.4. The van der Waals surface area contributed by atoms with E-state index in [9.17, 15) is 13.2 Å². The van der Waals surface area contributed by atoms with Crippen LogP contribution in [0.3, 0.4) is 0 Å². The molecule has 1 atom stereocenters. The molecule has 1 aliphatic rings. The van der Waals surface area contributed by atoms with Crippen LogP contribution in [0.4, 0.5) is 5.69 Å². The Morgan fingerprint density at radius 2 is 1.96 bits per heavy atom. The first-order valence-corrected chi connectivity index (χ1v) is 10.1. The fraction of sp³-hybridized carbons (Fsp3) is 0.316. The second-order valence-corrected chi connectivity index (χ2v) is 8.08. The third kappa shape index (κ3) is 4.83. The largest absolute Gasteiger partial charge is 0.375 e. The molecule has 1 amide bonds. The predicted octanol–water partition coefficient (Wildman–Crippen LogP) is 2.49. The standard InChI is InChI=1S/C19H22N2O4S/c1-15-13-21(10-11-25-15)19(22)17-8-5-9-18(12-17)20-26(23,24)14-16-6-3-2-4-7-16/h2-9,12,15,20H,10-11,13-14H2,1H3. The maximum Gasteiger partial charge on any atom is 0.254 e. The molecule has 0 aliphatic carbocycles. The first-order valence-electron chi connectivity index (χ1n) is 8.48. The maximum absolute atomic E-state index is 12.6. The van der Waals surface area contributed by atoms with Crippen LogP contribution < -0.4 is 4.72 Å². The number of nitrogens with zero attached hydrogens (tertiary/aromatic N) is 1. The molecule has 0 spiro atoms. The fourth-order valence-corrected chi connectivity index (χ4v) is 4.10. The van der Waals surface area contributed by atoms with Gasteiger partial charge in [0.1, 0.15) is 0 Å². The number of hydrogen-bond acceptors (Lipinski definition) is 4. The van der Waals surface area contributed by atoms with Crippen molar-refractivity contribution in [3.05, 3.63) is 65.7 Å². The molecule has 3 rings (SSSR count). The summed E-state index contributed by atoms with van der Waals surface area (Å²) in [6, 6.07) is 15.5. The Morgan fingerprint density at radius 3 is 2.69 bits per heavy atom. The van der Waals surface area contributed by atoms with Crippen LogP contribution in [0.2, 0.25) is 0 Å². The normalized spacial score (nSPS) is 17.7. The number of ether oxygens (including phenoxy) is 1. The van der Waals surface area contributed by atoms with Gasteiger partial charge in [-0.05, 0) is 30.7 Å². The zero-order valence-electron chi connectivity index (χ0n) is 14.6. The van der Waals surface area contributed by atoms with Crippen molar-refractivity contribution in [3.8, 4) is 0 Å². The van der Waals surface area contributed by atoms with Gasteiger partial charge >= 0.3 is 0 Å². The minimum Gasteiger partial charge on any atom is -0.375 e. The predicted molar refractivity (Wildman–Crippen MR) is 100 cm³/mol. The van der Waals surface area contributed by atoms with E-state index >= 15 is 0 Å². The number of anilines is 1. The first-order chi connectivity index (χ1) is 12.4. The number of rotatable bonds is 5. The van der Waals surface area contributed by atoms with Gasteiger partial charge in [0.05, 0.1) is 18.5 Å². The molecular weight excluding hydrogens is 352 g/mol. The van der Waals surface area contributed by atoms with Gasteiger partial charge in [0, 0.05) is 24.3 Å². The van der Waals surface area contributed by atoms with Crippen LogP contribution in [0.15, 0.2) is 54.6 Å². The van der Waals surface area contributed by atoms with Gasteiger partial charge < -0.3 is 9.64 Å². The minimum absolute atomic E-state index is 0.000239. The molecule has 0 bridgehead atoms. The average Bonchev–Trinajstić information content (AvgIpc) is 2.61. The molecule has 1 fully saturated rings. The molecule has 0 radical (unpaired) electrons. The first kappa shape index (κ1) is 18.4. The maximum atomic E-state index is 12.6. The molecule has 1 unspecified atom stereocenters. The summed E-state index contributed by atoms with van der Waals surface area (Å²) in [6.45, 7) is 3.50. The van der Waals surface area contributed by atoms with Gasteiger partial charge in [0.25, 0.3) is 5.91 Å². The van der Waals surface area contributed by atoms with Gasteiger partial charge in [0.15, 0.2) is 0 Å². The van der Waals surface area contributed by atoms with Crippen molar-refractivity contribution in [1.29, 1.82) is 0 Å². The average molecular weight is 374 g/mol. The smallest absolute Gasteiger partial charge is 0.254 e. The highest BCUT2D eigenvalue weighted by Gasteiger charge is 2.23. The van der Waals surface area contributed by atoms with E-state index in [2.05, 4.69) is 4.72 Å². The second-order valence-electron chi connectivity index (χ2n) is 6.36. The van der Waals surface area contributed by atoms with Crippen molar-refractivity contribution in [2.75, 3.05) is 24.4 Å². The molecule has 1 heterocycles. The third-order valence-electron chi connectivity index (χ3n) is 4.11. The van der Waals surface area contributed by atoms with Crippen molar-refractivity contribution in [1.82, 2.24) is 4.90 Å². The second kappa shape index (κ2) is 7.88. The van der Waals surface area contributed by atoms with Crippen molar-refractivity contribution in [2.24, 2.45) is 0 Å². The highest BCUT2D eigenvalue weighted by atomic mass is 32.2. The Hall–Kier alpha value is -2.38. The van der Waals surface area contributed by atoms with Crippen LogP contribution in [0.25, 0.3) is 0 Å². The summed E-state index contributed by atoms with van der Waals surface area (Å²) < 4.78 is 32.7. The summed E-state index contributed by atoms with van der Waals surface area (Å²) in [6.07, 6.45) is 0.000239. The van der Waals surface area contributed by atoms with Gasteiger partial charge in [-0.2, -0.15) is 0 Å². The van der Waals surface area contributed by atoms with Crippen molar-refractivity contribution >= 4 is 21.6 Å². The van der Waals surface area contributed by atoms with Crippen molar-refractivity contribution in [3.63, 3.8) is 0 Å². The van der Waals surface area contributed by atoms with Gasteiger partial charge in [0.2, 0.25) is 10.0 Å². The number of hydrogen-bond donors (Lipinski definition) is 1. The summed E-state index contributed by atoms with van der Waals surface area (Å²) in [5.74, 6) is -0.239. The summed E-state index contributed by atoms with van der Waals surface area (Å²) in [5.41, 5.74) is 1.54. The molecule has 0 aromatic heterocycles. The Bertz CT molecular complexity index is 868. The fourth-order valence-electron chi connectivity index (χ4n) is 2.91. The van der Waals surface area contributed by atoms with Crippen LogP contribution in [0, 0.1) is 0 Å². The van der Waals surface area contributed by atoms with Crippen LogP contribution >= 0.6 is 0 Å². The molecular formula is C19H22N2O4S. The molecule has 1 saturated heterocycles. The highest BCUT2D eigenvalue weighted by molar-refractivity contribution is 7.91. The Kier molecular flexibility index (Phi) is 5.58. The van der Waals surface area contributed by atoms with Crippen molar-refractivity contribution in [2.45, 2.75) is 18.8 Å². The topological polar surface area (TPSA) is 75.7 Å². The van der Waals surface area contributed by atoms with Gasteiger partial charge in [-0.25, -0.2) is 8.42 Å². The zero-order chi connectivity index (χ0) is 18.6. The van der Waals surface area contributed by atoms with E-state index in [4.69, 9.17) is 4.74 Å². The minimum atomic E-state index is -3.56. The molecule has 1 aliphatic heterocycles. The highest BCUT2D eigenvalue weighted by Crippen LogP contribution is 2.17. The van der Waals surface area contributed by atoms with Crippen LogP contribution in [0.5, 0.6) is 0 Å². The lowest BCUT2D eigenvalue weighted by Gasteiger charge is -2.31. The number of morpholine rings is 1. The van der Waals surface area contributed by atoms with E-state index in [0.717, 1.165) is 0 Å². The summed E-state index contributed by atoms with van der Waals surface area (Å²) in [4.78, 5) is 14.4. The van der Waals surface area contributed by atoms with Crippen LogP contribution in [-0.4, -0.2) is 45.0 Å². The van der Waals surface area contributed by atoms with Gasteiger partial charge in [-0.1, -0.05) is 36.4 Å². The van der Waals surface area contributed by atoms with E-state index in [0.29, 0.717) is 36.5 Å². The SMILES string of the molecule is CC1CN(C(=O)c2cccc(NS(=O)(=O)Cc3ccccc3)c2)CCO1. The molecule has 1 N–H and O–H groups in total. The Morgan fingerprint density at radius 1 is 1.19 bits per heavy atom. The van der Waals surface area contributed by atoms with Gasteiger partial charge in [-0.15, -0.1) is 0 Å². The molecule has 2 aromatic rings. The number of carbonyl (C=O) groups excluding carboxylic acids is 1. The summed E-state index contributed by atoms with van der Waals surface area (Å²) >= 11 is 0. The number of nitrogens with one attached hydrogen (secondary N) is 1. The van der Waals surface area contributed by atoms with E-state index in [1.165, 1.54) is 0 Å². The van der Waals surface area contributed by atoms with Gasteiger partial charge in [-0.3, -0.25) is 9.52 Å². The van der Waals surface area contributed by atoms with Crippen LogP contribution in [0.1, 0.15) is 22.8 Å². The number of carbonyl (C=O) groups is 1.